The van der Waals surface area contributed by atoms with Gasteiger partial charge in [-0.15, -0.1) is 0 Å². The Bertz CT molecular complexity index is 373. The maximum absolute atomic E-state index is 2.30. The van der Waals surface area contributed by atoms with Crippen LogP contribution in [0.3, 0.4) is 0 Å². The molecule has 0 aromatic heterocycles. The van der Waals surface area contributed by atoms with Crippen LogP contribution in [0.2, 0.25) is 0 Å². The molecule has 0 aliphatic rings. The van der Waals surface area contributed by atoms with Crippen LogP contribution >= 0.6 is 0 Å². The summed E-state index contributed by atoms with van der Waals surface area (Å²) in [6.45, 7) is 8.60. The Balaban J connectivity index is 0.000000771. The zero-order valence-electron chi connectivity index (χ0n) is 11.9. The van der Waals surface area contributed by atoms with E-state index in [9.17, 15) is 0 Å². The van der Waals surface area contributed by atoms with Gasteiger partial charge in [0.1, 0.15) is 0 Å². The average Bonchev–Trinajstić information content (AvgIpc) is 2.49. The van der Waals surface area contributed by atoms with Crippen LogP contribution in [0.1, 0.15) is 50.7 Å². The molecular formula is C18H24. The minimum absolute atomic E-state index is 0.559. The second-order valence-electron chi connectivity index (χ2n) is 4.40. The van der Waals surface area contributed by atoms with Gasteiger partial charge in [0.15, 0.2) is 0 Å². The van der Waals surface area contributed by atoms with E-state index in [0.29, 0.717) is 11.8 Å². The fraction of sp³-hybridized carbons (Fsp3) is 0.333. The predicted molar refractivity (Wildman–Crippen MR) is 81.1 cm³/mol. The summed E-state index contributed by atoms with van der Waals surface area (Å²) in [4.78, 5) is 0. The molecule has 0 bridgehead atoms. The van der Waals surface area contributed by atoms with Crippen LogP contribution in [0.15, 0.2) is 60.7 Å². The van der Waals surface area contributed by atoms with Gasteiger partial charge in [0, 0.05) is 0 Å². The first-order valence-electron chi connectivity index (χ1n) is 6.89. The summed E-state index contributed by atoms with van der Waals surface area (Å²) in [5.74, 6) is 1.12. The lowest BCUT2D eigenvalue weighted by molar-refractivity contribution is 0.624. The third-order valence-corrected chi connectivity index (χ3v) is 3.40. The molecule has 0 N–H and O–H groups in total. The van der Waals surface area contributed by atoms with Gasteiger partial charge in [0.2, 0.25) is 0 Å². The fourth-order valence-electron chi connectivity index (χ4n) is 2.09. The van der Waals surface area contributed by atoms with Crippen molar-refractivity contribution in [1.82, 2.24) is 0 Å². The first-order chi connectivity index (χ1) is 8.79. The SMILES string of the molecule is CC.CC(c1ccccc1)[C@H](C)c1ccccc1. The number of hydrogen-bond acceptors (Lipinski definition) is 0. The number of benzene rings is 2. The molecule has 1 unspecified atom stereocenters. The Labute approximate surface area is 112 Å². The highest BCUT2D eigenvalue weighted by Gasteiger charge is 2.15. The average molecular weight is 240 g/mol. The summed E-state index contributed by atoms with van der Waals surface area (Å²) in [6, 6.07) is 21.5. The van der Waals surface area contributed by atoms with E-state index in [-0.39, 0.29) is 0 Å². The van der Waals surface area contributed by atoms with E-state index in [2.05, 4.69) is 74.5 Å². The maximum atomic E-state index is 2.30. The molecule has 0 saturated heterocycles. The summed E-state index contributed by atoms with van der Waals surface area (Å²) < 4.78 is 0. The smallest absolute Gasteiger partial charge is 0.0124 e. The van der Waals surface area contributed by atoms with Gasteiger partial charge in [-0.05, 0) is 23.0 Å². The molecule has 2 aromatic carbocycles. The molecule has 96 valence electrons. The van der Waals surface area contributed by atoms with E-state index in [1.165, 1.54) is 11.1 Å². The number of hydrogen-bond donors (Lipinski definition) is 0. The molecule has 18 heavy (non-hydrogen) atoms. The van der Waals surface area contributed by atoms with Crippen molar-refractivity contribution < 1.29 is 0 Å². The van der Waals surface area contributed by atoms with Gasteiger partial charge in [-0.3, -0.25) is 0 Å². The molecule has 0 aliphatic heterocycles. The minimum atomic E-state index is 0.559. The van der Waals surface area contributed by atoms with Crippen molar-refractivity contribution in [1.29, 1.82) is 0 Å². The molecule has 0 fully saturated rings. The van der Waals surface area contributed by atoms with E-state index >= 15 is 0 Å². The fourth-order valence-corrected chi connectivity index (χ4v) is 2.09. The summed E-state index contributed by atoms with van der Waals surface area (Å²) >= 11 is 0. The molecule has 0 saturated carbocycles. The zero-order chi connectivity index (χ0) is 13.4. The quantitative estimate of drug-likeness (QED) is 0.653. The Morgan fingerprint density at radius 1 is 0.556 bits per heavy atom. The van der Waals surface area contributed by atoms with Gasteiger partial charge in [-0.25, -0.2) is 0 Å². The van der Waals surface area contributed by atoms with Gasteiger partial charge in [-0.1, -0.05) is 88.4 Å². The van der Waals surface area contributed by atoms with E-state index in [1.807, 2.05) is 13.8 Å². The molecule has 0 nitrogen and oxygen atoms in total. The predicted octanol–water partition coefficient (Wildman–Crippen LogP) is 5.62. The Morgan fingerprint density at radius 3 is 1.11 bits per heavy atom. The molecule has 0 amide bonds. The molecule has 0 heterocycles. The van der Waals surface area contributed by atoms with E-state index < -0.39 is 0 Å². The molecule has 0 aliphatic carbocycles. The van der Waals surface area contributed by atoms with Crippen molar-refractivity contribution in [3.63, 3.8) is 0 Å². The third-order valence-electron chi connectivity index (χ3n) is 3.40. The molecule has 2 aromatic rings. The summed E-state index contributed by atoms with van der Waals surface area (Å²) in [6.07, 6.45) is 0. The molecule has 2 rings (SSSR count). The standard InChI is InChI=1S/C16H18.C2H6/c1-13(15-9-5-3-6-10-15)14(2)16-11-7-4-8-12-16;1-2/h3-14H,1-2H3;1-2H3/t13-,14?;/m0./s1. The highest BCUT2D eigenvalue weighted by Crippen LogP contribution is 2.31. The Hall–Kier alpha value is -1.56. The van der Waals surface area contributed by atoms with Crippen LogP contribution in [0.4, 0.5) is 0 Å². The topological polar surface area (TPSA) is 0 Å². The normalized spacial score (nSPS) is 13.1. The van der Waals surface area contributed by atoms with Crippen LogP contribution < -0.4 is 0 Å². The van der Waals surface area contributed by atoms with Crippen molar-refractivity contribution in [2.45, 2.75) is 39.5 Å². The van der Waals surface area contributed by atoms with Crippen molar-refractivity contribution >= 4 is 0 Å². The second kappa shape index (κ2) is 7.71. The van der Waals surface area contributed by atoms with Crippen LogP contribution in [0, 0.1) is 0 Å². The van der Waals surface area contributed by atoms with Crippen molar-refractivity contribution in [3.05, 3.63) is 71.8 Å². The minimum Gasteiger partial charge on any atom is -0.0683 e. The molecule has 0 radical (unpaired) electrons. The Kier molecular flexibility index (Phi) is 6.21. The first kappa shape index (κ1) is 14.5. The second-order valence-corrected chi connectivity index (χ2v) is 4.40. The highest BCUT2D eigenvalue weighted by atomic mass is 14.2. The highest BCUT2D eigenvalue weighted by molar-refractivity contribution is 5.27. The van der Waals surface area contributed by atoms with Crippen LogP contribution in [0.25, 0.3) is 0 Å². The number of rotatable bonds is 3. The van der Waals surface area contributed by atoms with Crippen LogP contribution in [-0.2, 0) is 0 Å². The molecule has 2 atom stereocenters. The van der Waals surface area contributed by atoms with Gasteiger partial charge < -0.3 is 0 Å². The van der Waals surface area contributed by atoms with Crippen molar-refractivity contribution in [3.8, 4) is 0 Å². The molecular weight excluding hydrogens is 216 g/mol. The first-order valence-corrected chi connectivity index (χ1v) is 6.89. The monoisotopic (exact) mass is 240 g/mol. The van der Waals surface area contributed by atoms with Crippen molar-refractivity contribution in [2.75, 3.05) is 0 Å². The van der Waals surface area contributed by atoms with Crippen LogP contribution in [0.5, 0.6) is 0 Å². The third kappa shape index (κ3) is 3.73. The van der Waals surface area contributed by atoms with Gasteiger partial charge >= 0.3 is 0 Å². The lowest BCUT2D eigenvalue weighted by atomic mass is 9.84. The lowest BCUT2D eigenvalue weighted by Crippen LogP contribution is -2.04. The maximum Gasteiger partial charge on any atom is -0.0124 e. The van der Waals surface area contributed by atoms with Gasteiger partial charge in [0.25, 0.3) is 0 Å². The van der Waals surface area contributed by atoms with E-state index in [4.69, 9.17) is 0 Å². The zero-order valence-corrected chi connectivity index (χ0v) is 11.9. The van der Waals surface area contributed by atoms with Crippen molar-refractivity contribution in [2.24, 2.45) is 0 Å². The lowest BCUT2D eigenvalue weighted by Gasteiger charge is -2.20. The van der Waals surface area contributed by atoms with E-state index in [1.54, 1.807) is 0 Å². The Morgan fingerprint density at radius 2 is 0.833 bits per heavy atom. The van der Waals surface area contributed by atoms with Gasteiger partial charge in [0.05, 0.1) is 0 Å². The van der Waals surface area contributed by atoms with Gasteiger partial charge in [-0.2, -0.15) is 0 Å². The van der Waals surface area contributed by atoms with E-state index in [0.717, 1.165) is 0 Å². The summed E-state index contributed by atoms with van der Waals surface area (Å²) in [7, 11) is 0. The van der Waals surface area contributed by atoms with Crippen LogP contribution in [-0.4, -0.2) is 0 Å². The largest absolute Gasteiger partial charge is 0.0683 e. The summed E-state index contributed by atoms with van der Waals surface area (Å²) in [5, 5.41) is 0. The summed E-state index contributed by atoms with van der Waals surface area (Å²) in [5.41, 5.74) is 2.83. The molecule has 0 spiro atoms. The molecule has 0 heteroatoms.